The fourth-order valence-corrected chi connectivity index (χ4v) is 0.689. The number of nitrogens with two attached hydrogens (primary N) is 2. The van der Waals surface area contributed by atoms with E-state index in [1.165, 1.54) is 0 Å². The SMILES string of the molecule is NNOC(=O)C(F)(F)C(F)(F)C(F)(F)C(=O)ONN. The van der Waals surface area contributed by atoms with Crippen LogP contribution in [0.15, 0.2) is 0 Å². The molecule has 0 aromatic heterocycles. The third kappa shape index (κ3) is 2.86. The zero-order chi connectivity index (χ0) is 15.5. The van der Waals surface area contributed by atoms with Gasteiger partial charge in [0.2, 0.25) is 0 Å². The Morgan fingerprint density at radius 1 is 0.789 bits per heavy atom. The maximum Gasteiger partial charge on any atom is 0.413 e. The number of alkyl halides is 6. The van der Waals surface area contributed by atoms with Crippen LogP contribution in [0.3, 0.4) is 0 Å². The molecule has 0 aromatic rings. The average Bonchev–Trinajstić information content (AvgIpc) is 2.28. The van der Waals surface area contributed by atoms with Crippen LogP contribution in [0.5, 0.6) is 0 Å². The van der Waals surface area contributed by atoms with Gasteiger partial charge < -0.3 is 9.68 Å². The lowest BCUT2D eigenvalue weighted by atomic mass is 10.1. The third-order valence-electron chi connectivity index (χ3n) is 1.60. The molecule has 0 aliphatic rings. The summed E-state index contributed by atoms with van der Waals surface area (Å²) in [4.78, 5) is 27.0. The van der Waals surface area contributed by atoms with Gasteiger partial charge in [0.1, 0.15) is 0 Å². The standard InChI is InChI=1S/C5H6F6N4O4/c6-3(7,1(16)18-14-12)5(10,11)4(8,9)2(17)19-15-13/h14-15H,12-13H2. The molecule has 0 rings (SSSR count). The van der Waals surface area contributed by atoms with Gasteiger partial charge in [-0.15, -0.1) is 0 Å². The van der Waals surface area contributed by atoms with Crippen molar-refractivity contribution in [2.45, 2.75) is 17.8 Å². The summed E-state index contributed by atoms with van der Waals surface area (Å²) in [6.45, 7) is 0. The molecule has 0 amide bonds. The van der Waals surface area contributed by atoms with Gasteiger partial charge >= 0.3 is 29.7 Å². The molecule has 0 aromatic carbocycles. The summed E-state index contributed by atoms with van der Waals surface area (Å²) in [5.74, 6) is -16.5. The Hall–Kier alpha value is -1.64. The zero-order valence-corrected chi connectivity index (χ0v) is 8.56. The number of hydrogen-bond acceptors (Lipinski definition) is 8. The lowest BCUT2D eigenvalue weighted by Gasteiger charge is -2.28. The molecule has 0 bridgehead atoms. The highest BCUT2D eigenvalue weighted by Gasteiger charge is 2.79. The predicted octanol–water partition coefficient (Wildman–Crippen LogP) is -1.26. The molecule has 0 heterocycles. The van der Waals surface area contributed by atoms with Gasteiger partial charge in [-0.25, -0.2) is 21.3 Å². The summed E-state index contributed by atoms with van der Waals surface area (Å²) < 4.78 is 77.1. The minimum Gasteiger partial charge on any atom is -0.350 e. The lowest BCUT2D eigenvalue weighted by Crippen LogP contribution is -2.62. The van der Waals surface area contributed by atoms with E-state index in [1.54, 1.807) is 0 Å². The Morgan fingerprint density at radius 2 is 1.05 bits per heavy atom. The van der Waals surface area contributed by atoms with Crippen LogP contribution in [0.25, 0.3) is 0 Å². The second kappa shape index (κ2) is 5.55. The molecule has 8 nitrogen and oxygen atoms in total. The van der Waals surface area contributed by atoms with Crippen LogP contribution >= 0.6 is 0 Å². The Labute approximate surface area is 99.4 Å². The van der Waals surface area contributed by atoms with Crippen LogP contribution in [-0.2, 0) is 19.3 Å². The predicted molar refractivity (Wildman–Crippen MR) is 41.7 cm³/mol. The van der Waals surface area contributed by atoms with E-state index in [1.807, 2.05) is 0 Å². The number of halogens is 6. The van der Waals surface area contributed by atoms with Gasteiger partial charge in [0.05, 0.1) is 0 Å². The van der Waals surface area contributed by atoms with Crippen molar-refractivity contribution in [2.75, 3.05) is 0 Å². The summed E-state index contributed by atoms with van der Waals surface area (Å²) in [5.41, 5.74) is 1.59. The van der Waals surface area contributed by atoms with Crippen molar-refractivity contribution in [3.63, 3.8) is 0 Å². The molecule has 0 unspecified atom stereocenters. The number of nitrogens with one attached hydrogen (secondary N) is 2. The number of rotatable bonds is 6. The van der Waals surface area contributed by atoms with Crippen LogP contribution in [0.1, 0.15) is 0 Å². The molecular weight excluding hydrogens is 294 g/mol. The van der Waals surface area contributed by atoms with E-state index in [-0.39, 0.29) is 0 Å². The molecule has 6 N–H and O–H groups in total. The van der Waals surface area contributed by atoms with Crippen molar-refractivity contribution in [3.05, 3.63) is 0 Å². The largest absolute Gasteiger partial charge is 0.413 e. The molecule has 0 aliphatic carbocycles. The normalized spacial score (nSPS) is 13.1. The monoisotopic (exact) mass is 300 g/mol. The van der Waals surface area contributed by atoms with Crippen molar-refractivity contribution in [1.82, 2.24) is 11.2 Å². The van der Waals surface area contributed by atoms with Gasteiger partial charge in [-0.2, -0.15) is 26.3 Å². The van der Waals surface area contributed by atoms with Crippen molar-refractivity contribution in [3.8, 4) is 0 Å². The highest BCUT2D eigenvalue weighted by molar-refractivity contribution is 5.84. The summed E-state index contributed by atoms with van der Waals surface area (Å²) in [5, 5.41) is 0. The van der Waals surface area contributed by atoms with Crippen LogP contribution < -0.4 is 22.9 Å². The molecule has 0 fully saturated rings. The Kier molecular flexibility index (Phi) is 5.08. The van der Waals surface area contributed by atoms with Crippen LogP contribution in [-0.4, -0.2) is 29.7 Å². The number of hydrogen-bond donors (Lipinski definition) is 4. The fourth-order valence-electron chi connectivity index (χ4n) is 0.689. The second-order valence-electron chi connectivity index (χ2n) is 2.74. The molecule has 19 heavy (non-hydrogen) atoms. The molecule has 112 valence electrons. The van der Waals surface area contributed by atoms with Crippen molar-refractivity contribution in [1.29, 1.82) is 0 Å². The summed E-state index contributed by atoms with van der Waals surface area (Å²) >= 11 is 0. The quantitative estimate of drug-likeness (QED) is 0.272. The molecular formula is C5H6F6N4O4. The number of carbonyl (C=O) groups excluding carboxylic acids is 2. The highest BCUT2D eigenvalue weighted by atomic mass is 19.3. The third-order valence-corrected chi connectivity index (χ3v) is 1.60. The van der Waals surface area contributed by atoms with E-state index in [9.17, 15) is 35.9 Å². The van der Waals surface area contributed by atoms with Gasteiger partial charge in [0.25, 0.3) is 0 Å². The van der Waals surface area contributed by atoms with Gasteiger partial charge in [0.15, 0.2) is 0 Å². The number of carbonyl (C=O) groups is 2. The van der Waals surface area contributed by atoms with E-state index in [4.69, 9.17) is 0 Å². The molecule has 0 radical (unpaired) electrons. The van der Waals surface area contributed by atoms with Gasteiger partial charge in [-0.1, -0.05) is 11.2 Å². The molecule has 0 atom stereocenters. The average molecular weight is 300 g/mol. The first kappa shape index (κ1) is 17.4. The second-order valence-corrected chi connectivity index (χ2v) is 2.74. The van der Waals surface area contributed by atoms with Crippen LogP contribution in [0.4, 0.5) is 26.3 Å². The Balaban J connectivity index is 5.45. The lowest BCUT2D eigenvalue weighted by molar-refractivity contribution is -0.304. The van der Waals surface area contributed by atoms with Crippen molar-refractivity contribution < 1.29 is 45.6 Å². The van der Waals surface area contributed by atoms with Crippen LogP contribution in [0, 0.1) is 0 Å². The first-order chi connectivity index (χ1) is 8.46. The molecule has 0 saturated carbocycles. The maximum atomic E-state index is 12.9. The fraction of sp³-hybridized carbons (Fsp3) is 0.600. The van der Waals surface area contributed by atoms with E-state index in [0.29, 0.717) is 0 Å². The maximum absolute atomic E-state index is 12.9. The van der Waals surface area contributed by atoms with Gasteiger partial charge in [0, 0.05) is 0 Å². The molecule has 14 heteroatoms. The zero-order valence-electron chi connectivity index (χ0n) is 8.56. The van der Waals surface area contributed by atoms with Crippen LogP contribution in [0.2, 0.25) is 0 Å². The Bertz CT molecular complexity index is 332. The molecule has 0 aliphatic heterocycles. The number of hydrazine groups is 2. The summed E-state index contributed by atoms with van der Waals surface area (Å²) in [7, 11) is 0. The van der Waals surface area contributed by atoms with E-state index < -0.39 is 29.7 Å². The minimum absolute atomic E-state index is 0.795. The molecule has 0 saturated heterocycles. The highest BCUT2D eigenvalue weighted by Crippen LogP contribution is 2.46. The first-order valence-corrected chi connectivity index (χ1v) is 3.94. The minimum atomic E-state index is -6.47. The molecule has 0 spiro atoms. The van der Waals surface area contributed by atoms with Gasteiger partial charge in [-0.05, 0) is 0 Å². The summed E-state index contributed by atoms with van der Waals surface area (Å²) in [6, 6.07) is 0. The first-order valence-electron chi connectivity index (χ1n) is 3.94. The van der Waals surface area contributed by atoms with E-state index in [2.05, 4.69) is 21.4 Å². The Morgan fingerprint density at radius 3 is 1.26 bits per heavy atom. The topological polar surface area (TPSA) is 129 Å². The van der Waals surface area contributed by atoms with Crippen molar-refractivity contribution in [2.24, 2.45) is 11.7 Å². The summed E-state index contributed by atoms with van der Waals surface area (Å²) in [6.07, 6.45) is 0. The smallest absolute Gasteiger partial charge is 0.350 e. The van der Waals surface area contributed by atoms with Crippen molar-refractivity contribution >= 4 is 11.9 Å². The van der Waals surface area contributed by atoms with Gasteiger partial charge in [-0.3, -0.25) is 0 Å². The van der Waals surface area contributed by atoms with E-state index >= 15 is 0 Å². The van der Waals surface area contributed by atoms with E-state index in [0.717, 1.165) is 11.2 Å².